The van der Waals surface area contributed by atoms with Crippen molar-refractivity contribution < 1.29 is 4.79 Å². The second-order valence-electron chi connectivity index (χ2n) is 9.28. The Morgan fingerprint density at radius 1 is 1.06 bits per heavy atom. The van der Waals surface area contributed by atoms with Gasteiger partial charge >= 0.3 is 0 Å². The fourth-order valence-electron chi connectivity index (χ4n) is 4.58. The molecule has 1 aliphatic rings. The first-order valence-electron chi connectivity index (χ1n) is 11.4. The van der Waals surface area contributed by atoms with Crippen LogP contribution in [0.5, 0.6) is 0 Å². The van der Waals surface area contributed by atoms with Crippen LogP contribution in [0.4, 0.5) is 0 Å². The number of rotatable bonds is 8. The number of pyridine rings is 2. The molecular formula is C27H32N4O. The van der Waals surface area contributed by atoms with Crippen LogP contribution in [0.25, 0.3) is 11.1 Å². The molecule has 1 saturated heterocycles. The van der Waals surface area contributed by atoms with E-state index in [2.05, 4.69) is 76.5 Å². The van der Waals surface area contributed by atoms with Gasteiger partial charge in [-0.05, 0) is 60.2 Å². The van der Waals surface area contributed by atoms with E-state index in [1.165, 1.54) is 11.1 Å². The third-order valence-electron chi connectivity index (χ3n) is 6.26. The van der Waals surface area contributed by atoms with Crippen molar-refractivity contribution in [2.24, 2.45) is 11.3 Å². The minimum Gasteiger partial charge on any atom is -0.355 e. The Morgan fingerprint density at radius 2 is 1.88 bits per heavy atom. The van der Waals surface area contributed by atoms with E-state index in [1.807, 2.05) is 24.7 Å². The number of hydrogen-bond acceptors (Lipinski definition) is 4. The van der Waals surface area contributed by atoms with Gasteiger partial charge in [-0.1, -0.05) is 44.2 Å². The van der Waals surface area contributed by atoms with Gasteiger partial charge in [-0.15, -0.1) is 0 Å². The predicted molar refractivity (Wildman–Crippen MR) is 128 cm³/mol. The topological polar surface area (TPSA) is 58.1 Å². The number of carbonyl (C=O) groups excluding carboxylic acids is 1. The maximum absolute atomic E-state index is 13.6. The zero-order valence-corrected chi connectivity index (χ0v) is 19.0. The standard InChI is InChI=1S/C27H32N4O/c1-21(2)17-30-26(32)27(11-15-31(20-27)19-22-9-13-28-14-10-22)16-23-6-3-4-8-25(23)24-7-5-12-29-18-24/h3-10,12-14,18,21H,11,15-17,19-20H2,1-2H3,(H,30,32). The summed E-state index contributed by atoms with van der Waals surface area (Å²) in [5, 5.41) is 3.24. The maximum atomic E-state index is 13.6. The Kier molecular flexibility index (Phi) is 6.96. The third kappa shape index (κ3) is 5.22. The lowest BCUT2D eigenvalue weighted by Gasteiger charge is -2.30. The SMILES string of the molecule is CC(C)CNC(=O)C1(Cc2ccccc2-c2cccnc2)CCN(Cc2ccncc2)C1. The fraction of sp³-hybridized carbons (Fsp3) is 0.370. The summed E-state index contributed by atoms with van der Waals surface area (Å²) in [4.78, 5) is 24.4. The van der Waals surface area contributed by atoms with Gasteiger partial charge in [-0.2, -0.15) is 0 Å². The molecule has 3 aromatic rings. The molecule has 1 unspecified atom stereocenters. The van der Waals surface area contributed by atoms with Crippen LogP contribution in [-0.2, 0) is 17.8 Å². The molecule has 4 rings (SSSR count). The molecule has 0 saturated carbocycles. The minimum absolute atomic E-state index is 0.171. The summed E-state index contributed by atoms with van der Waals surface area (Å²) in [6, 6.07) is 16.6. The lowest BCUT2D eigenvalue weighted by molar-refractivity contribution is -0.130. The van der Waals surface area contributed by atoms with E-state index in [9.17, 15) is 4.79 Å². The molecule has 1 aromatic carbocycles. The normalized spacial score (nSPS) is 18.7. The quantitative estimate of drug-likeness (QED) is 0.579. The van der Waals surface area contributed by atoms with E-state index in [1.54, 1.807) is 6.20 Å². The molecule has 1 N–H and O–H groups in total. The number of likely N-dealkylation sites (tertiary alicyclic amines) is 1. The Morgan fingerprint density at radius 3 is 2.62 bits per heavy atom. The first kappa shape index (κ1) is 22.2. The van der Waals surface area contributed by atoms with Crippen molar-refractivity contribution >= 4 is 5.91 Å². The molecule has 3 heterocycles. The highest BCUT2D eigenvalue weighted by molar-refractivity contribution is 5.84. The molecule has 32 heavy (non-hydrogen) atoms. The smallest absolute Gasteiger partial charge is 0.227 e. The second kappa shape index (κ2) is 10.0. The van der Waals surface area contributed by atoms with Crippen LogP contribution in [0.3, 0.4) is 0 Å². The van der Waals surface area contributed by atoms with Gasteiger partial charge in [0.05, 0.1) is 5.41 Å². The molecule has 1 fully saturated rings. The highest BCUT2D eigenvalue weighted by atomic mass is 16.2. The largest absolute Gasteiger partial charge is 0.355 e. The summed E-state index contributed by atoms with van der Waals surface area (Å²) in [6.07, 6.45) is 8.92. The van der Waals surface area contributed by atoms with Crippen molar-refractivity contribution in [2.45, 2.75) is 33.2 Å². The summed E-state index contributed by atoms with van der Waals surface area (Å²) in [5.41, 5.74) is 4.23. The zero-order chi connectivity index (χ0) is 22.4. The van der Waals surface area contributed by atoms with Crippen molar-refractivity contribution in [3.63, 3.8) is 0 Å². The van der Waals surface area contributed by atoms with Gasteiger partial charge in [0.2, 0.25) is 5.91 Å². The fourth-order valence-corrected chi connectivity index (χ4v) is 4.58. The molecule has 1 amide bonds. The lowest BCUT2D eigenvalue weighted by atomic mass is 9.78. The number of nitrogens with one attached hydrogen (secondary N) is 1. The van der Waals surface area contributed by atoms with Crippen molar-refractivity contribution in [2.75, 3.05) is 19.6 Å². The van der Waals surface area contributed by atoms with Crippen molar-refractivity contribution in [3.8, 4) is 11.1 Å². The average Bonchev–Trinajstić information content (AvgIpc) is 3.22. The van der Waals surface area contributed by atoms with Gasteiger partial charge in [0, 0.05) is 50.0 Å². The summed E-state index contributed by atoms with van der Waals surface area (Å²) >= 11 is 0. The molecule has 5 nitrogen and oxygen atoms in total. The highest BCUT2D eigenvalue weighted by Crippen LogP contribution is 2.38. The van der Waals surface area contributed by atoms with Gasteiger partial charge in [0.25, 0.3) is 0 Å². The first-order valence-corrected chi connectivity index (χ1v) is 11.4. The Hall–Kier alpha value is -3.05. The molecule has 166 valence electrons. The van der Waals surface area contributed by atoms with Crippen LogP contribution >= 0.6 is 0 Å². The van der Waals surface area contributed by atoms with Gasteiger partial charge in [-0.25, -0.2) is 0 Å². The van der Waals surface area contributed by atoms with E-state index >= 15 is 0 Å². The summed E-state index contributed by atoms with van der Waals surface area (Å²) < 4.78 is 0. The molecule has 0 aliphatic carbocycles. The van der Waals surface area contributed by atoms with Gasteiger partial charge in [-0.3, -0.25) is 19.7 Å². The van der Waals surface area contributed by atoms with E-state index in [4.69, 9.17) is 0 Å². The summed E-state index contributed by atoms with van der Waals surface area (Å²) in [5.74, 6) is 0.595. The van der Waals surface area contributed by atoms with Crippen LogP contribution in [0.2, 0.25) is 0 Å². The molecule has 1 atom stereocenters. The van der Waals surface area contributed by atoms with Crippen LogP contribution in [0.15, 0.2) is 73.3 Å². The number of nitrogens with zero attached hydrogens (tertiary/aromatic N) is 3. The highest BCUT2D eigenvalue weighted by Gasteiger charge is 2.44. The Bertz CT molecular complexity index is 1020. The van der Waals surface area contributed by atoms with Crippen molar-refractivity contribution in [1.82, 2.24) is 20.2 Å². The van der Waals surface area contributed by atoms with E-state index in [0.717, 1.165) is 43.6 Å². The molecular weight excluding hydrogens is 396 g/mol. The molecule has 0 spiro atoms. The molecule has 1 aliphatic heterocycles. The number of carbonyl (C=O) groups is 1. The number of benzene rings is 1. The number of amides is 1. The summed E-state index contributed by atoms with van der Waals surface area (Å²) in [7, 11) is 0. The van der Waals surface area contributed by atoms with E-state index in [-0.39, 0.29) is 5.91 Å². The van der Waals surface area contributed by atoms with Crippen molar-refractivity contribution in [3.05, 3.63) is 84.4 Å². The monoisotopic (exact) mass is 428 g/mol. The van der Waals surface area contributed by atoms with Gasteiger partial charge in [0.1, 0.15) is 0 Å². The molecule has 2 aromatic heterocycles. The molecule has 0 radical (unpaired) electrons. The molecule has 0 bridgehead atoms. The Balaban J connectivity index is 1.61. The van der Waals surface area contributed by atoms with Crippen molar-refractivity contribution in [1.29, 1.82) is 0 Å². The lowest BCUT2D eigenvalue weighted by Crippen LogP contribution is -2.45. The van der Waals surface area contributed by atoms with Crippen LogP contribution in [0, 0.1) is 11.3 Å². The number of hydrogen-bond donors (Lipinski definition) is 1. The predicted octanol–water partition coefficient (Wildman–Crippen LogP) is 4.35. The van der Waals surface area contributed by atoms with Crippen LogP contribution in [-0.4, -0.2) is 40.4 Å². The van der Waals surface area contributed by atoms with Gasteiger partial charge in [0.15, 0.2) is 0 Å². The third-order valence-corrected chi connectivity index (χ3v) is 6.26. The number of aromatic nitrogens is 2. The van der Waals surface area contributed by atoms with Crippen LogP contribution in [0.1, 0.15) is 31.4 Å². The van der Waals surface area contributed by atoms with E-state index in [0.29, 0.717) is 12.5 Å². The van der Waals surface area contributed by atoms with Crippen LogP contribution < -0.4 is 5.32 Å². The first-order chi connectivity index (χ1) is 15.6. The Labute approximate surface area is 190 Å². The summed E-state index contributed by atoms with van der Waals surface area (Å²) in [6.45, 7) is 7.47. The van der Waals surface area contributed by atoms with Gasteiger partial charge < -0.3 is 5.32 Å². The second-order valence-corrected chi connectivity index (χ2v) is 9.28. The average molecular weight is 429 g/mol. The minimum atomic E-state index is -0.444. The molecule has 5 heteroatoms. The maximum Gasteiger partial charge on any atom is 0.227 e. The van der Waals surface area contributed by atoms with E-state index < -0.39 is 5.41 Å². The zero-order valence-electron chi connectivity index (χ0n) is 19.0.